The van der Waals surface area contributed by atoms with Gasteiger partial charge in [-0.15, -0.1) is 11.3 Å². The summed E-state index contributed by atoms with van der Waals surface area (Å²) in [4.78, 5) is 42.8. The van der Waals surface area contributed by atoms with E-state index in [1.165, 1.54) is 29.8 Å². The Balaban J connectivity index is 1.49. The van der Waals surface area contributed by atoms with E-state index in [1.54, 1.807) is 11.6 Å². The van der Waals surface area contributed by atoms with E-state index in [9.17, 15) is 22.8 Å². The number of aryl methyl sites for hydroxylation is 1. The smallest absolute Gasteiger partial charge is 0.341 e. The molecule has 3 aromatic rings. The van der Waals surface area contributed by atoms with Gasteiger partial charge in [0.2, 0.25) is 5.91 Å². The normalized spacial score (nSPS) is 16.1. The van der Waals surface area contributed by atoms with Crippen LogP contribution in [0.2, 0.25) is 0 Å². The Bertz CT molecular complexity index is 1550. The molecule has 9 nitrogen and oxygen atoms in total. The van der Waals surface area contributed by atoms with Crippen LogP contribution in [0.1, 0.15) is 34.1 Å². The molecule has 1 atom stereocenters. The highest BCUT2D eigenvalue weighted by atomic mass is 79.9. The Morgan fingerprint density at radius 3 is 2.72 bits per heavy atom. The fourth-order valence-corrected chi connectivity index (χ4v) is 8.13. The zero-order valence-electron chi connectivity index (χ0n) is 19.8. The number of carbonyl (C=O) groups excluding carboxylic acids is 3. The molecule has 4 rings (SSSR count). The second kappa shape index (κ2) is 10.6. The van der Waals surface area contributed by atoms with Crippen molar-refractivity contribution in [3.05, 3.63) is 43.5 Å². The molecule has 0 saturated heterocycles. The van der Waals surface area contributed by atoms with E-state index in [0.717, 1.165) is 38.0 Å². The maximum Gasteiger partial charge on any atom is 0.341 e. The number of amides is 2. The van der Waals surface area contributed by atoms with Crippen LogP contribution in [0.3, 0.4) is 0 Å². The Kier molecular flexibility index (Phi) is 7.83. The van der Waals surface area contributed by atoms with Crippen molar-refractivity contribution in [3.8, 4) is 0 Å². The predicted molar refractivity (Wildman–Crippen MR) is 143 cm³/mol. The SMILES string of the molecule is COC(=O)c1c(NC(=O)CS(=O)(=O)CC(=O)N=c2sc3cc(Br)ccc3n2C)sc2c1CCC(C)C2. The molecular weight excluding hydrogens is 590 g/mol. The van der Waals surface area contributed by atoms with Crippen LogP contribution in [0.25, 0.3) is 10.2 Å². The van der Waals surface area contributed by atoms with Gasteiger partial charge >= 0.3 is 5.97 Å². The van der Waals surface area contributed by atoms with E-state index in [0.29, 0.717) is 17.1 Å². The van der Waals surface area contributed by atoms with Crippen molar-refractivity contribution in [3.63, 3.8) is 0 Å². The zero-order chi connectivity index (χ0) is 26.2. The number of nitrogens with zero attached hydrogens (tertiary/aromatic N) is 2. The van der Waals surface area contributed by atoms with Crippen molar-refractivity contribution in [2.24, 2.45) is 18.0 Å². The van der Waals surface area contributed by atoms with E-state index in [4.69, 9.17) is 4.74 Å². The van der Waals surface area contributed by atoms with Gasteiger partial charge in [-0.1, -0.05) is 34.2 Å². The van der Waals surface area contributed by atoms with Crippen LogP contribution in [-0.4, -0.2) is 49.4 Å². The summed E-state index contributed by atoms with van der Waals surface area (Å²) in [7, 11) is -1.10. The molecular formula is C23H24BrN3O6S3. The molecule has 0 spiro atoms. The first kappa shape index (κ1) is 26.7. The predicted octanol–water partition coefficient (Wildman–Crippen LogP) is 3.46. The fourth-order valence-electron chi connectivity index (χ4n) is 4.11. The van der Waals surface area contributed by atoms with Crippen molar-refractivity contribution in [1.29, 1.82) is 0 Å². The number of hydrogen-bond donors (Lipinski definition) is 1. The Morgan fingerprint density at radius 2 is 2.00 bits per heavy atom. The first-order chi connectivity index (χ1) is 17.0. The summed E-state index contributed by atoms with van der Waals surface area (Å²) < 4.78 is 33.6. The van der Waals surface area contributed by atoms with Gasteiger partial charge in [0.1, 0.15) is 16.5 Å². The highest BCUT2D eigenvalue weighted by Gasteiger charge is 2.30. The quantitative estimate of drug-likeness (QED) is 0.425. The Hall–Kier alpha value is -2.35. The van der Waals surface area contributed by atoms with E-state index < -0.39 is 39.1 Å². The largest absolute Gasteiger partial charge is 0.465 e. The molecule has 0 bridgehead atoms. The summed E-state index contributed by atoms with van der Waals surface area (Å²) in [6, 6.07) is 5.61. The highest BCUT2D eigenvalue weighted by Crippen LogP contribution is 2.40. The number of carbonyl (C=O) groups is 3. The van der Waals surface area contributed by atoms with Gasteiger partial charge in [-0.05, 0) is 48.9 Å². The van der Waals surface area contributed by atoms with E-state index >= 15 is 0 Å². The van der Waals surface area contributed by atoms with Crippen LogP contribution in [0.5, 0.6) is 0 Å². The first-order valence-electron chi connectivity index (χ1n) is 11.0. The van der Waals surface area contributed by atoms with E-state index in [-0.39, 0.29) is 10.6 Å². The third kappa shape index (κ3) is 5.79. The molecule has 1 aromatic carbocycles. The lowest BCUT2D eigenvalue weighted by Gasteiger charge is -2.18. The number of hydrogen-bond acceptors (Lipinski definition) is 8. The average molecular weight is 615 g/mol. The number of thiazole rings is 1. The molecule has 13 heteroatoms. The second-order valence-electron chi connectivity index (χ2n) is 8.69. The number of benzene rings is 1. The number of ether oxygens (including phenoxy) is 1. The number of thiophene rings is 1. The topological polar surface area (TPSA) is 124 Å². The van der Waals surface area contributed by atoms with Gasteiger partial charge < -0.3 is 14.6 Å². The monoisotopic (exact) mass is 613 g/mol. The van der Waals surface area contributed by atoms with Crippen molar-refractivity contribution in [2.45, 2.75) is 26.2 Å². The lowest BCUT2D eigenvalue weighted by Crippen LogP contribution is -2.28. The summed E-state index contributed by atoms with van der Waals surface area (Å²) in [5.41, 5.74) is 1.98. The van der Waals surface area contributed by atoms with Gasteiger partial charge in [0.25, 0.3) is 5.91 Å². The van der Waals surface area contributed by atoms with Gasteiger partial charge in [0.05, 0.1) is 22.9 Å². The number of methoxy groups -OCH3 is 1. The van der Waals surface area contributed by atoms with Gasteiger partial charge in [-0.2, -0.15) is 4.99 Å². The van der Waals surface area contributed by atoms with Gasteiger partial charge in [0, 0.05) is 16.4 Å². The van der Waals surface area contributed by atoms with Crippen LogP contribution >= 0.6 is 38.6 Å². The van der Waals surface area contributed by atoms with Crippen molar-refractivity contribution < 1.29 is 27.5 Å². The number of aromatic nitrogens is 1. The van der Waals surface area contributed by atoms with Crippen LogP contribution < -0.4 is 10.1 Å². The van der Waals surface area contributed by atoms with Crippen molar-refractivity contribution >= 4 is 81.4 Å². The minimum Gasteiger partial charge on any atom is -0.465 e. The lowest BCUT2D eigenvalue weighted by molar-refractivity contribution is -0.115. The summed E-state index contributed by atoms with van der Waals surface area (Å²) in [5.74, 6) is -3.61. The molecule has 1 unspecified atom stereocenters. The summed E-state index contributed by atoms with van der Waals surface area (Å²) in [6.07, 6.45) is 2.38. The number of halogens is 1. The summed E-state index contributed by atoms with van der Waals surface area (Å²) >= 11 is 5.92. The Morgan fingerprint density at radius 1 is 1.25 bits per heavy atom. The molecule has 192 valence electrons. The number of nitrogens with one attached hydrogen (secondary N) is 1. The first-order valence-corrected chi connectivity index (χ1v) is 15.3. The zero-order valence-corrected chi connectivity index (χ0v) is 23.8. The maximum atomic E-state index is 12.6. The summed E-state index contributed by atoms with van der Waals surface area (Å²) in [5, 5.41) is 2.84. The van der Waals surface area contributed by atoms with Crippen LogP contribution in [0.15, 0.2) is 27.7 Å². The third-order valence-corrected chi connectivity index (χ3v) is 9.99. The van der Waals surface area contributed by atoms with Crippen molar-refractivity contribution in [1.82, 2.24) is 4.57 Å². The Labute approximate surface area is 224 Å². The number of fused-ring (bicyclic) bond motifs is 2. The van der Waals surface area contributed by atoms with Crippen molar-refractivity contribution in [2.75, 3.05) is 23.9 Å². The molecule has 36 heavy (non-hydrogen) atoms. The van der Waals surface area contributed by atoms with Crippen LogP contribution in [0, 0.1) is 5.92 Å². The molecule has 1 aliphatic rings. The van der Waals surface area contributed by atoms with E-state index in [2.05, 4.69) is 33.2 Å². The molecule has 0 aliphatic heterocycles. The number of anilines is 1. The molecule has 0 saturated carbocycles. The minimum atomic E-state index is -4.10. The highest BCUT2D eigenvalue weighted by molar-refractivity contribution is 9.10. The fraction of sp³-hybridized carbons (Fsp3) is 0.391. The second-order valence-corrected chi connectivity index (χ2v) is 13.8. The molecule has 2 heterocycles. The lowest BCUT2D eigenvalue weighted by atomic mass is 9.88. The number of esters is 1. The standard InChI is InChI=1S/C23H24BrN3O6S3/c1-12-4-6-14-16(8-12)34-21(20(14)22(30)33-3)25-18(28)10-36(31,32)11-19(29)26-23-27(2)15-7-5-13(24)9-17(15)35-23/h5,7,9,12H,4,6,8,10-11H2,1-3H3,(H,25,28). The molecule has 0 fully saturated rings. The van der Waals surface area contributed by atoms with Gasteiger partial charge in [-0.3, -0.25) is 9.59 Å². The third-order valence-electron chi connectivity index (χ3n) is 5.84. The molecule has 1 N–H and O–H groups in total. The van der Waals surface area contributed by atoms with Crippen LogP contribution in [-0.2, 0) is 44.1 Å². The molecule has 2 amide bonds. The minimum absolute atomic E-state index is 0.278. The van der Waals surface area contributed by atoms with E-state index in [1.807, 2.05) is 18.2 Å². The van der Waals surface area contributed by atoms with Gasteiger partial charge in [0.15, 0.2) is 14.6 Å². The summed E-state index contributed by atoms with van der Waals surface area (Å²) in [6.45, 7) is 2.12. The molecule has 1 aliphatic carbocycles. The maximum absolute atomic E-state index is 12.6. The number of sulfone groups is 1. The van der Waals surface area contributed by atoms with Gasteiger partial charge in [-0.25, -0.2) is 13.2 Å². The number of rotatable bonds is 6. The van der Waals surface area contributed by atoms with Crippen LogP contribution in [0.4, 0.5) is 5.00 Å². The average Bonchev–Trinajstić information content (AvgIpc) is 3.27. The molecule has 2 aromatic heterocycles. The molecule has 0 radical (unpaired) electrons.